The molecule has 11 nitrogen and oxygen atoms in total. The molecule has 3 aromatic heterocycles. The van der Waals surface area contributed by atoms with Crippen molar-refractivity contribution in [3.63, 3.8) is 0 Å². The van der Waals surface area contributed by atoms with Crippen molar-refractivity contribution in [1.82, 2.24) is 40.3 Å². The first-order valence-electron chi connectivity index (χ1n) is 11.7. The van der Waals surface area contributed by atoms with Gasteiger partial charge in [0.2, 0.25) is 0 Å². The molecule has 2 unspecified atom stereocenters. The number of ether oxygens (including phenoxy) is 1. The quantitative estimate of drug-likeness (QED) is 0.406. The van der Waals surface area contributed by atoms with E-state index in [1.807, 2.05) is 13.0 Å². The number of fused-ring (bicyclic) bond motifs is 2. The van der Waals surface area contributed by atoms with Gasteiger partial charge in [0.15, 0.2) is 0 Å². The SMILES string of the molecule is Cc1nc(N2CC3CC2CO3)ccc1Cn1cc(C(=O)NCc2cc(Cl)ccc2-n2cnnn2)cn1. The number of hydrogen-bond acceptors (Lipinski definition) is 8. The summed E-state index contributed by atoms with van der Waals surface area (Å²) in [5, 5.41) is 19.1. The number of pyridine rings is 1. The van der Waals surface area contributed by atoms with Crippen LogP contribution in [0.15, 0.2) is 49.1 Å². The molecule has 2 bridgehead atoms. The molecule has 2 atom stereocenters. The molecule has 184 valence electrons. The highest BCUT2D eigenvalue weighted by Gasteiger charge is 2.39. The average molecular weight is 506 g/mol. The Morgan fingerprint density at radius 1 is 1.25 bits per heavy atom. The molecular weight excluding hydrogens is 482 g/mol. The fourth-order valence-electron chi connectivity index (χ4n) is 4.79. The largest absolute Gasteiger partial charge is 0.374 e. The molecule has 1 amide bonds. The fourth-order valence-corrected chi connectivity index (χ4v) is 4.99. The minimum absolute atomic E-state index is 0.236. The van der Waals surface area contributed by atoms with Crippen LogP contribution in [-0.4, -0.2) is 66.2 Å². The second-order valence-electron chi connectivity index (χ2n) is 9.05. The standard InChI is InChI=1S/C24H24ClN9O2/c1-15-16(2-5-23(29-15)33-12-21-7-20(33)13-36-21)10-32-11-18(9-28-32)24(35)26-8-17-6-19(25)3-4-22(17)34-14-27-30-31-34/h2-6,9,11,14,20-21H,7-8,10,12-13H2,1H3,(H,26,35). The van der Waals surface area contributed by atoms with Gasteiger partial charge in [-0.3, -0.25) is 9.48 Å². The number of nitrogens with one attached hydrogen (secondary N) is 1. The molecule has 6 rings (SSSR count). The van der Waals surface area contributed by atoms with Gasteiger partial charge in [-0.2, -0.15) is 5.10 Å². The lowest BCUT2D eigenvalue weighted by Gasteiger charge is -2.28. The highest BCUT2D eigenvalue weighted by Crippen LogP contribution is 2.32. The van der Waals surface area contributed by atoms with Crippen LogP contribution in [0, 0.1) is 6.92 Å². The maximum Gasteiger partial charge on any atom is 0.254 e. The van der Waals surface area contributed by atoms with Crippen LogP contribution >= 0.6 is 11.6 Å². The number of benzene rings is 1. The monoisotopic (exact) mass is 505 g/mol. The molecule has 0 aliphatic carbocycles. The average Bonchev–Trinajstić information content (AvgIpc) is 3.69. The number of nitrogens with zero attached hydrogens (tertiary/aromatic N) is 8. The Bertz CT molecular complexity index is 1400. The highest BCUT2D eigenvalue weighted by atomic mass is 35.5. The van der Waals surface area contributed by atoms with Crippen LogP contribution in [0.25, 0.3) is 5.69 Å². The second kappa shape index (κ2) is 9.32. The summed E-state index contributed by atoms with van der Waals surface area (Å²) in [6.07, 6.45) is 6.20. The summed E-state index contributed by atoms with van der Waals surface area (Å²) in [4.78, 5) is 20.0. The van der Waals surface area contributed by atoms with Gasteiger partial charge in [-0.1, -0.05) is 17.7 Å². The number of rotatable bonds is 7. The Morgan fingerprint density at radius 2 is 2.17 bits per heavy atom. The predicted molar refractivity (Wildman–Crippen MR) is 131 cm³/mol. The van der Waals surface area contributed by atoms with E-state index in [-0.39, 0.29) is 12.5 Å². The van der Waals surface area contributed by atoms with Gasteiger partial charge in [0.05, 0.1) is 42.7 Å². The molecule has 12 heteroatoms. The number of hydrogen-bond donors (Lipinski definition) is 1. The summed E-state index contributed by atoms with van der Waals surface area (Å²) in [5.74, 6) is 0.759. The van der Waals surface area contributed by atoms with Crippen LogP contribution in [-0.2, 0) is 17.8 Å². The van der Waals surface area contributed by atoms with Crippen LogP contribution in [0.3, 0.4) is 0 Å². The van der Waals surface area contributed by atoms with E-state index < -0.39 is 0 Å². The van der Waals surface area contributed by atoms with Gasteiger partial charge < -0.3 is 15.0 Å². The van der Waals surface area contributed by atoms with Gasteiger partial charge in [0, 0.05) is 30.0 Å². The van der Waals surface area contributed by atoms with Crippen molar-refractivity contribution in [3.05, 3.63) is 76.5 Å². The Hall–Kier alpha value is -3.83. The van der Waals surface area contributed by atoms with Gasteiger partial charge in [0.1, 0.15) is 12.1 Å². The van der Waals surface area contributed by atoms with Gasteiger partial charge in [0.25, 0.3) is 5.91 Å². The van der Waals surface area contributed by atoms with Crippen molar-refractivity contribution < 1.29 is 9.53 Å². The van der Waals surface area contributed by atoms with Crippen molar-refractivity contribution in [1.29, 1.82) is 0 Å². The smallest absolute Gasteiger partial charge is 0.254 e. The first-order chi connectivity index (χ1) is 17.5. The molecular formula is C24H24ClN9O2. The molecule has 0 radical (unpaired) electrons. The first kappa shape index (κ1) is 22.6. The third-order valence-electron chi connectivity index (χ3n) is 6.68. The number of aryl methyl sites for hydroxylation is 1. The van der Waals surface area contributed by atoms with E-state index in [1.165, 1.54) is 11.0 Å². The maximum atomic E-state index is 12.8. The van der Waals surface area contributed by atoms with Crippen LogP contribution in [0.1, 0.15) is 33.6 Å². The number of carbonyl (C=O) groups excluding carboxylic acids is 1. The Kier molecular flexibility index (Phi) is 5.86. The number of amides is 1. The third-order valence-corrected chi connectivity index (χ3v) is 6.91. The van der Waals surface area contributed by atoms with Crippen LogP contribution in [0.5, 0.6) is 0 Å². The zero-order valence-corrected chi connectivity index (χ0v) is 20.3. The maximum absolute atomic E-state index is 12.8. The van der Waals surface area contributed by atoms with E-state index >= 15 is 0 Å². The van der Waals surface area contributed by atoms with Gasteiger partial charge >= 0.3 is 0 Å². The predicted octanol–water partition coefficient (Wildman–Crippen LogP) is 2.17. The van der Waals surface area contributed by atoms with Gasteiger partial charge in [-0.05, 0) is 59.2 Å². The molecule has 2 aliphatic heterocycles. The number of morpholine rings is 1. The molecule has 2 saturated heterocycles. The van der Waals surface area contributed by atoms with Crippen molar-refractivity contribution in [3.8, 4) is 5.69 Å². The molecule has 1 aromatic carbocycles. The van der Waals surface area contributed by atoms with Crippen LogP contribution < -0.4 is 10.2 Å². The Labute approximate surface area is 212 Å². The molecule has 5 heterocycles. The summed E-state index contributed by atoms with van der Waals surface area (Å²) < 4.78 is 8.97. The minimum Gasteiger partial charge on any atom is -0.374 e. The molecule has 0 saturated carbocycles. The third kappa shape index (κ3) is 4.42. The van der Waals surface area contributed by atoms with Gasteiger partial charge in [-0.15, -0.1) is 5.10 Å². The Balaban J connectivity index is 1.11. The fraction of sp³-hybridized carbons (Fsp3) is 0.333. The van der Waals surface area contributed by atoms with E-state index in [9.17, 15) is 4.79 Å². The molecule has 36 heavy (non-hydrogen) atoms. The van der Waals surface area contributed by atoms with Crippen LogP contribution in [0.4, 0.5) is 5.82 Å². The van der Waals surface area contributed by atoms with E-state index in [0.717, 1.165) is 47.9 Å². The molecule has 1 N–H and O–H groups in total. The van der Waals surface area contributed by atoms with E-state index in [2.05, 4.69) is 43.0 Å². The number of aromatic nitrogens is 7. The lowest BCUT2D eigenvalue weighted by molar-refractivity contribution is 0.0950. The normalized spacial score (nSPS) is 18.7. The molecule has 2 fully saturated rings. The van der Waals surface area contributed by atoms with E-state index in [0.29, 0.717) is 29.3 Å². The molecule has 0 spiro atoms. The first-order valence-corrected chi connectivity index (χ1v) is 12.1. The number of anilines is 1. The summed E-state index contributed by atoms with van der Waals surface area (Å²) in [6.45, 7) is 4.48. The molecule has 2 aliphatic rings. The van der Waals surface area contributed by atoms with E-state index in [1.54, 1.807) is 29.2 Å². The summed E-state index contributed by atoms with van der Waals surface area (Å²) in [5.41, 5.74) is 4.00. The lowest BCUT2D eigenvalue weighted by atomic mass is 10.1. The zero-order valence-electron chi connectivity index (χ0n) is 19.6. The van der Waals surface area contributed by atoms with Crippen molar-refractivity contribution in [2.45, 2.75) is 38.6 Å². The van der Waals surface area contributed by atoms with Crippen molar-refractivity contribution in [2.24, 2.45) is 0 Å². The van der Waals surface area contributed by atoms with Crippen LogP contribution in [0.2, 0.25) is 5.02 Å². The molecule has 4 aromatic rings. The Morgan fingerprint density at radius 3 is 2.92 bits per heavy atom. The topological polar surface area (TPSA) is 116 Å². The summed E-state index contributed by atoms with van der Waals surface area (Å²) in [7, 11) is 0. The summed E-state index contributed by atoms with van der Waals surface area (Å²) in [6, 6.07) is 9.92. The number of halogens is 1. The van der Waals surface area contributed by atoms with Crippen molar-refractivity contribution in [2.75, 3.05) is 18.1 Å². The number of carbonyl (C=O) groups is 1. The second-order valence-corrected chi connectivity index (χ2v) is 9.48. The minimum atomic E-state index is -0.236. The number of tetrazole rings is 1. The zero-order chi connectivity index (χ0) is 24.6. The lowest BCUT2D eigenvalue weighted by Crippen LogP contribution is -2.37. The highest BCUT2D eigenvalue weighted by molar-refractivity contribution is 6.30. The van der Waals surface area contributed by atoms with Gasteiger partial charge in [-0.25, -0.2) is 9.67 Å². The van der Waals surface area contributed by atoms with E-state index in [4.69, 9.17) is 21.3 Å². The summed E-state index contributed by atoms with van der Waals surface area (Å²) >= 11 is 6.17. The van der Waals surface area contributed by atoms with Crippen molar-refractivity contribution >= 4 is 23.3 Å².